The van der Waals surface area contributed by atoms with Gasteiger partial charge in [0.1, 0.15) is 0 Å². The minimum atomic E-state index is 0.565. The lowest BCUT2D eigenvalue weighted by atomic mass is 10.1. The molecule has 0 bridgehead atoms. The number of nitrogens with zero attached hydrogens (tertiary/aromatic N) is 7. The highest BCUT2D eigenvalue weighted by atomic mass is 15.3. The Morgan fingerprint density at radius 1 is 0.412 bits per heavy atom. The standard InChI is InChI=1S/C44H27N7/c1-2-12-28(13-3-1)42-34-19-6-9-22-39(34)51-44(46-42)47-43(48-51)29-14-10-15-30(24-29)49-37-20-7-4-17-32(37)35-25-36-33-18-5-8-21-38(33)50(41(36)26-40(35)49)31-16-11-23-45-27-31/h1-27H. The van der Waals surface area contributed by atoms with Crippen molar-refractivity contribution in [1.29, 1.82) is 0 Å². The van der Waals surface area contributed by atoms with E-state index in [1.54, 1.807) is 0 Å². The molecule has 0 radical (unpaired) electrons. The summed E-state index contributed by atoms with van der Waals surface area (Å²) in [6, 6.07) is 53.1. The van der Waals surface area contributed by atoms with Gasteiger partial charge in [-0.2, -0.15) is 9.50 Å². The van der Waals surface area contributed by atoms with Crippen LogP contribution in [0.15, 0.2) is 164 Å². The predicted octanol–water partition coefficient (Wildman–Crippen LogP) is 10.2. The van der Waals surface area contributed by atoms with Crippen molar-refractivity contribution in [3.8, 4) is 34.0 Å². The van der Waals surface area contributed by atoms with Crippen molar-refractivity contribution in [2.75, 3.05) is 0 Å². The SMILES string of the molecule is c1ccc(-c2nc3nc(-c4cccc(-n5c6ccccc6c6cc7c8ccccc8n(-c8cccnc8)c7cc65)c4)nn3c3ccccc23)cc1. The zero-order valence-electron chi connectivity index (χ0n) is 27.2. The molecular formula is C44H27N7. The van der Waals surface area contributed by atoms with Crippen molar-refractivity contribution in [2.24, 2.45) is 0 Å². The summed E-state index contributed by atoms with van der Waals surface area (Å²) >= 11 is 0. The molecule has 7 heteroatoms. The first-order chi connectivity index (χ1) is 25.3. The molecule has 0 spiro atoms. The molecule has 0 N–H and O–H groups in total. The minimum absolute atomic E-state index is 0.565. The van der Waals surface area contributed by atoms with Gasteiger partial charge in [-0.25, -0.2) is 4.98 Å². The van der Waals surface area contributed by atoms with Crippen LogP contribution >= 0.6 is 0 Å². The van der Waals surface area contributed by atoms with Crippen LogP contribution in [0.5, 0.6) is 0 Å². The van der Waals surface area contributed by atoms with Crippen LogP contribution in [0.4, 0.5) is 0 Å². The summed E-state index contributed by atoms with van der Waals surface area (Å²) in [4.78, 5) is 14.5. The van der Waals surface area contributed by atoms with Crippen LogP contribution in [0, 0.1) is 0 Å². The van der Waals surface area contributed by atoms with Gasteiger partial charge in [-0.1, -0.05) is 97.1 Å². The Bertz CT molecular complexity index is 3140. The molecule has 0 amide bonds. The van der Waals surface area contributed by atoms with E-state index in [2.05, 4.69) is 129 Å². The molecule has 5 aromatic heterocycles. The van der Waals surface area contributed by atoms with Gasteiger partial charge in [0.25, 0.3) is 5.78 Å². The van der Waals surface area contributed by atoms with Gasteiger partial charge in [0.05, 0.1) is 45.2 Å². The first kappa shape index (κ1) is 27.8. The first-order valence-electron chi connectivity index (χ1n) is 17.0. The molecular weight excluding hydrogens is 627 g/mol. The first-order valence-corrected chi connectivity index (χ1v) is 17.0. The van der Waals surface area contributed by atoms with Crippen LogP contribution < -0.4 is 0 Å². The van der Waals surface area contributed by atoms with Gasteiger partial charge >= 0.3 is 0 Å². The van der Waals surface area contributed by atoms with Gasteiger partial charge in [0.15, 0.2) is 5.82 Å². The van der Waals surface area contributed by atoms with Gasteiger partial charge in [-0.05, 0) is 54.6 Å². The lowest BCUT2D eigenvalue weighted by Gasteiger charge is -2.10. The summed E-state index contributed by atoms with van der Waals surface area (Å²) in [7, 11) is 0. The smallest absolute Gasteiger partial charge is 0.253 e. The number of hydrogen-bond acceptors (Lipinski definition) is 4. The largest absolute Gasteiger partial charge is 0.309 e. The summed E-state index contributed by atoms with van der Waals surface area (Å²) in [6.45, 7) is 0. The molecule has 0 saturated heterocycles. The third kappa shape index (κ3) is 4.12. The summed E-state index contributed by atoms with van der Waals surface area (Å²) in [5.74, 6) is 1.19. The highest BCUT2D eigenvalue weighted by Crippen LogP contribution is 2.40. The fourth-order valence-electron chi connectivity index (χ4n) is 7.75. The predicted molar refractivity (Wildman–Crippen MR) is 206 cm³/mol. The monoisotopic (exact) mass is 653 g/mol. The number of aromatic nitrogens is 7. The van der Waals surface area contributed by atoms with Crippen LogP contribution in [-0.4, -0.2) is 33.7 Å². The lowest BCUT2D eigenvalue weighted by molar-refractivity contribution is 0.988. The number of para-hydroxylation sites is 3. The van der Waals surface area contributed by atoms with Crippen LogP contribution in [0.1, 0.15) is 0 Å². The van der Waals surface area contributed by atoms with Gasteiger partial charge in [0, 0.05) is 49.9 Å². The molecule has 11 rings (SSSR count). The summed E-state index contributed by atoms with van der Waals surface area (Å²) in [6.07, 6.45) is 3.75. The molecule has 51 heavy (non-hydrogen) atoms. The van der Waals surface area contributed by atoms with Gasteiger partial charge in [-0.3, -0.25) is 4.98 Å². The molecule has 0 fully saturated rings. The molecule has 0 unspecified atom stereocenters. The third-order valence-electron chi connectivity index (χ3n) is 9.97. The van der Waals surface area contributed by atoms with Crippen LogP contribution in [-0.2, 0) is 0 Å². The molecule has 0 aliphatic carbocycles. The summed E-state index contributed by atoms with van der Waals surface area (Å²) in [5, 5.41) is 10.9. The Morgan fingerprint density at radius 3 is 1.76 bits per heavy atom. The molecule has 0 aliphatic heterocycles. The normalized spacial score (nSPS) is 11.9. The van der Waals surface area contributed by atoms with E-state index in [1.165, 1.54) is 21.5 Å². The van der Waals surface area contributed by atoms with E-state index in [0.29, 0.717) is 11.6 Å². The maximum Gasteiger partial charge on any atom is 0.253 e. The maximum absolute atomic E-state index is 5.03. The number of hydrogen-bond donors (Lipinski definition) is 0. The van der Waals surface area contributed by atoms with Crippen molar-refractivity contribution < 1.29 is 0 Å². The molecule has 7 nitrogen and oxygen atoms in total. The van der Waals surface area contributed by atoms with E-state index < -0.39 is 0 Å². The second-order valence-corrected chi connectivity index (χ2v) is 12.8. The third-order valence-corrected chi connectivity index (χ3v) is 9.97. The average Bonchev–Trinajstić information content (AvgIpc) is 3.88. The number of fused-ring (bicyclic) bond motifs is 9. The topological polar surface area (TPSA) is 65.8 Å². The Hall–Kier alpha value is -7.12. The second-order valence-electron chi connectivity index (χ2n) is 12.8. The van der Waals surface area contributed by atoms with Crippen LogP contribution in [0.3, 0.4) is 0 Å². The van der Waals surface area contributed by atoms with Crippen molar-refractivity contribution >= 4 is 60.3 Å². The molecule has 238 valence electrons. The zero-order chi connectivity index (χ0) is 33.5. The highest BCUT2D eigenvalue weighted by Gasteiger charge is 2.20. The molecule has 11 aromatic rings. The molecule has 5 heterocycles. The average molecular weight is 654 g/mol. The highest BCUT2D eigenvalue weighted by molar-refractivity contribution is 6.19. The zero-order valence-corrected chi connectivity index (χ0v) is 27.2. The van der Waals surface area contributed by atoms with Crippen LogP contribution in [0.2, 0.25) is 0 Å². The summed E-state index contributed by atoms with van der Waals surface area (Å²) < 4.78 is 6.53. The number of pyridine rings is 1. The van der Waals surface area contributed by atoms with Gasteiger partial charge in [-0.15, -0.1) is 5.10 Å². The lowest BCUT2D eigenvalue weighted by Crippen LogP contribution is -1.97. The van der Waals surface area contributed by atoms with E-state index in [9.17, 15) is 0 Å². The minimum Gasteiger partial charge on any atom is -0.309 e. The molecule has 6 aromatic carbocycles. The van der Waals surface area contributed by atoms with Gasteiger partial charge in [0.2, 0.25) is 0 Å². The Labute approximate surface area is 291 Å². The van der Waals surface area contributed by atoms with E-state index in [1.807, 2.05) is 53.3 Å². The van der Waals surface area contributed by atoms with E-state index in [-0.39, 0.29) is 0 Å². The number of benzene rings is 6. The Kier molecular flexibility index (Phi) is 5.83. The fourth-order valence-corrected chi connectivity index (χ4v) is 7.75. The van der Waals surface area contributed by atoms with E-state index in [0.717, 1.165) is 61.2 Å². The fraction of sp³-hybridized carbons (Fsp3) is 0. The van der Waals surface area contributed by atoms with Crippen molar-refractivity contribution in [3.63, 3.8) is 0 Å². The summed E-state index contributed by atoms with van der Waals surface area (Å²) in [5.41, 5.74) is 10.4. The molecule has 0 atom stereocenters. The second kappa shape index (κ2) is 10.7. The Balaban J connectivity index is 1.14. The quantitative estimate of drug-likeness (QED) is 0.190. The molecule has 0 aliphatic rings. The maximum atomic E-state index is 5.03. The van der Waals surface area contributed by atoms with Crippen molar-refractivity contribution in [2.45, 2.75) is 0 Å². The molecule has 0 saturated carbocycles. The van der Waals surface area contributed by atoms with E-state index >= 15 is 0 Å². The van der Waals surface area contributed by atoms with Crippen molar-refractivity contribution in [1.82, 2.24) is 33.7 Å². The van der Waals surface area contributed by atoms with Gasteiger partial charge < -0.3 is 9.13 Å². The Morgan fingerprint density at radius 2 is 1.04 bits per heavy atom. The van der Waals surface area contributed by atoms with Crippen LogP contribution in [0.25, 0.3) is 94.3 Å². The number of rotatable bonds is 4. The van der Waals surface area contributed by atoms with E-state index in [4.69, 9.17) is 15.1 Å². The van der Waals surface area contributed by atoms with Crippen molar-refractivity contribution in [3.05, 3.63) is 164 Å².